The van der Waals surface area contributed by atoms with Gasteiger partial charge in [-0.3, -0.25) is 4.99 Å². The first-order valence-corrected chi connectivity index (χ1v) is 9.36. The summed E-state index contributed by atoms with van der Waals surface area (Å²) in [5, 5.41) is 9.89. The third kappa shape index (κ3) is 8.62. The highest BCUT2D eigenvalue weighted by molar-refractivity contribution is 14.0. The smallest absolute Gasteiger partial charge is 0.191 e. The van der Waals surface area contributed by atoms with Crippen molar-refractivity contribution in [2.45, 2.75) is 59.6 Å². The van der Waals surface area contributed by atoms with E-state index >= 15 is 0 Å². The molecule has 140 valence electrons. The summed E-state index contributed by atoms with van der Waals surface area (Å²) >= 11 is 1.69. The van der Waals surface area contributed by atoms with Crippen molar-refractivity contribution in [2.75, 3.05) is 20.2 Å². The van der Waals surface area contributed by atoms with Crippen molar-refractivity contribution >= 4 is 41.3 Å². The van der Waals surface area contributed by atoms with Gasteiger partial charge in [-0.05, 0) is 25.2 Å². The Bertz CT molecular complexity index is 477. The third-order valence-electron chi connectivity index (χ3n) is 3.64. The second-order valence-electron chi connectivity index (χ2n) is 6.20. The Labute approximate surface area is 168 Å². The maximum atomic E-state index is 5.76. The molecule has 0 aromatic carbocycles. The molecule has 1 atom stereocenters. The number of hydrogen-bond donors (Lipinski definition) is 2. The number of rotatable bonds is 9. The minimum Gasteiger partial charge on any atom is -0.378 e. The number of aromatic nitrogens is 1. The number of halogens is 1. The molecule has 24 heavy (non-hydrogen) atoms. The lowest BCUT2D eigenvalue weighted by Gasteiger charge is -2.21. The molecule has 0 spiro atoms. The summed E-state index contributed by atoms with van der Waals surface area (Å²) in [5.41, 5.74) is 1.16. The zero-order valence-corrected chi connectivity index (χ0v) is 18.9. The van der Waals surface area contributed by atoms with Gasteiger partial charge in [-0.2, -0.15) is 0 Å². The van der Waals surface area contributed by atoms with Gasteiger partial charge in [-0.25, -0.2) is 4.98 Å². The van der Waals surface area contributed by atoms with Crippen LogP contribution in [0.1, 0.15) is 57.7 Å². The van der Waals surface area contributed by atoms with Crippen LogP contribution < -0.4 is 10.6 Å². The van der Waals surface area contributed by atoms with Gasteiger partial charge in [0.15, 0.2) is 5.96 Å². The molecule has 1 unspecified atom stereocenters. The van der Waals surface area contributed by atoms with E-state index in [1.165, 1.54) is 0 Å². The number of hydrogen-bond acceptors (Lipinski definition) is 4. The van der Waals surface area contributed by atoms with E-state index in [1.54, 1.807) is 18.4 Å². The summed E-state index contributed by atoms with van der Waals surface area (Å²) in [7, 11) is 1.79. The van der Waals surface area contributed by atoms with E-state index in [2.05, 4.69) is 53.7 Å². The number of nitrogens with zero attached hydrogens (tertiary/aromatic N) is 2. The fourth-order valence-electron chi connectivity index (χ4n) is 2.21. The molecule has 1 heterocycles. The Hall–Kier alpha value is -0.410. The van der Waals surface area contributed by atoms with E-state index in [1.807, 2.05) is 6.92 Å². The highest BCUT2D eigenvalue weighted by Gasteiger charge is 2.13. The van der Waals surface area contributed by atoms with Crippen LogP contribution in [-0.4, -0.2) is 37.2 Å². The topological polar surface area (TPSA) is 58.5 Å². The van der Waals surface area contributed by atoms with E-state index in [0.717, 1.165) is 36.2 Å². The molecule has 0 saturated carbocycles. The van der Waals surface area contributed by atoms with Crippen molar-refractivity contribution in [2.24, 2.45) is 10.9 Å². The van der Waals surface area contributed by atoms with E-state index < -0.39 is 0 Å². The van der Waals surface area contributed by atoms with Crippen molar-refractivity contribution in [3.8, 4) is 0 Å². The van der Waals surface area contributed by atoms with Crippen LogP contribution in [-0.2, 0) is 11.3 Å². The van der Waals surface area contributed by atoms with Crippen molar-refractivity contribution in [3.63, 3.8) is 0 Å². The maximum Gasteiger partial charge on any atom is 0.191 e. The van der Waals surface area contributed by atoms with E-state index in [9.17, 15) is 0 Å². The van der Waals surface area contributed by atoms with Gasteiger partial charge in [-0.15, -0.1) is 35.3 Å². The zero-order valence-electron chi connectivity index (χ0n) is 15.8. The third-order valence-corrected chi connectivity index (χ3v) is 4.50. The SMILES string of the molecule is CCOC(CCNC(=NC)NCc1nc(C(C)C)cs1)C(C)C.I. The van der Waals surface area contributed by atoms with Crippen molar-refractivity contribution in [1.82, 2.24) is 15.6 Å². The number of thiazole rings is 1. The molecule has 0 aliphatic rings. The summed E-state index contributed by atoms with van der Waals surface area (Å²) < 4.78 is 5.76. The summed E-state index contributed by atoms with van der Waals surface area (Å²) in [6, 6.07) is 0. The highest BCUT2D eigenvalue weighted by atomic mass is 127. The van der Waals surface area contributed by atoms with E-state index in [-0.39, 0.29) is 30.1 Å². The van der Waals surface area contributed by atoms with Crippen LogP contribution in [0.2, 0.25) is 0 Å². The fourth-order valence-corrected chi connectivity index (χ4v) is 3.10. The lowest BCUT2D eigenvalue weighted by Crippen LogP contribution is -2.38. The van der Waals surface area contributed by atoms with Crippen molar-refractivity contribution in [1.29, 1.82) is 0 Å². The molecule has 0 fully saturated rings. The summed E-state index contributed by atoms with van der Waals surface area (Å²) in [4.78, 5) is 8.89. The minimum atomic E-state index is 0. The first kappa shape index (κ1) is 23.6. The number of aliphatic imine (C=N–C) groups is 1. The normalized spacial score (nSPS) is 13.1. The minimum absolute atomic E-state index is 0. The molecule has 0 saturated heterocycles. The van der Waals surface area contributed by atoms with E-state index in [0.29, 0.717) is 18.4 Å². The number of ether oxygens (including phenoxy) is 1. The molecule has 2 N–H and O–H groups in total. The average molecular weight is 468 g/mol. The molecule has 1 aromatic heterocycles. The van der Waals surface area contributed by atoms with Gasteiger partial charge < -0.3 is 15.4 Å². The van der Waals surface area contributed by atoms with E-state index in [4.69, 9.17) is 4.74 Å². The highest BCUT2D eigenvalue weighted by Crippen LogP contribution is 2.17. The molecule has 0 bridgehead atoms. The van der Waals surface area contributed by atoms with Crippen LogP contribution in [0.5, 0.6) is 0 Å². The standard InChI is InChI=1S/C17H32N4OS.HI/c1-7-22-15(13(4)5)8-9-19-17(18-6)20-10-16-21-14(11-23-16)12(2)3;/h11-13,15H,7-10H2,1-6H3,(H2,18,19,20);1H. The monoisotopic (exact) mass is 468 g/mol. The quantitative estimate of drug-likeness (QED) is 0.327. The molecule has 5 nitrogen and oxygen atoms in total. The predicted molar refractivity (Wildman–Crippen MR) is 115 cm³/mol. The Balaban J connectivity index is 0.00000529. The first-order valence-electron chi connectivity index (χ1n) is 8.48. The van der Waals surface area contributed by atoms with Crippen LogP contribution in [0.4, 0.5) is 0 Å². The van der Waals surface area contributed by atoms with Crippen LogP contribution in [0, 0.1) is 5.92 Å². The van der Waals surface area contributed by atoms with Crippen molar-refractivity contribution < 1.29 is 4.74 Å². The van der Waals surface area contributed by atoms with Crippen LogP contribution in [0.3, 0.4) is 0 Å². The molecule has 1 aromatic rings. The molecule has 0 aliphatic heterocycles. The van der Waals surface area contributed by atoms with Gasteiger partial charge in [0.1, 0.15) is 5.01 Å². The second-order valence-corrected chi connectivity index (χ2v) is 7.14. The Morgan fingerprint density at radius 2 is 2.00 bits per heavy atom. The largest absolute Gasteiger partial charge is 0.378 e. The average Bonchev–Trinajstić information content (AvgIpc) is 2.98. The molecular weight excluding hydrogens is 435 g/mol. The van der Waals surface area contributed by atoms with Crippen LogP contribution in [0.15, 0.2) is 10.4 Å². The van der Waals surface area contributed by atoms with Gasteiger partial charge >= 0.3 is 0 Å². The molecule has 0 radical (unpaired) electrons. The molecule has 0 aliphatic carbocycles. The Morgan fingerprint density at radius 3 is 2.50 bits per heavy atom. The zero-order chi connectivity index (χ0) is 17.2. The van der Waals surface area contributed by atoms with Crippen LogP contribution in [0.25, 0.3) is 0 Å². The number of guanidine groups is 1. The number of nitrogens with one attached hydrogen (secondary N) is 2. The maximum absolute atomic E-state index is 5.76. The van der Waals surface area contributed by atoms with Crippen LogP contribution >= 0.6 is 35.3 Å². The van der Waals surface area contributed by atoms with Gasteiger partial charge in [0.2, 0.25) is 0 Å². The lowest BCUT2D eigenvalue weighted by atomic mass is 10.0. The molecule has 1 rings (SSSR count). The second kappa shape index (κ2) is 12.9. The Kier molecular flexibility index (Phi) is 12.7. The first-order chi connectivity index (χ1) is 11.0. The van der Waals surface area contributed by atoms with Gasteiger partial charge in [0.25, 0.3) is 0 Å². The van der Waals surface area contributed by atoms with Gasteiger partial charge in [0.05, 0.1) is 18.3 Å². The Morgan fingerprint density at radius 1 is 1.29 bits per heavy atom. The summed E-state index contributed by atoms with van der Waals surface area (Å²) in [6.07, 6.45) is 1.26. The van der Waals surface area contributed by atoms with Crippen molar-refractivity contribution in [3.05, 3.63) is 16.1 Å². The van der Waals surface area contributed by atoms with Gasteiger partial charge in [-0.1, -0.05) is 27.7 Å². The summed E-state index contributed by atoms with van der Waals surface area (Å²) in [5.74, 6) is 1.81. The fraction of sp³-hybridized carbons (Fsp3) is 0.765. The molecular formula is C17H33IN4OS. The summed E-state index contributed by atoms with van der Waals surface area (Å²) in [6.45, 7) is 13.1. The molecule has 7 heteroatoms. The van der Waals surface area contributed by atoms with Gasteiger partial charge in [0, 0.05) is 25.6 Å². The molecule has 0 amide bonds. The predicted octanol–water partition coefficient (Wildman–Crippen LogP) is 4.00. The lowest BCUT2D eigenvalue weighted by molar-refractivity contribution is 0.0258.